The van der Waals surface area contributed by atoms with Crippen molar-refractivity contribution in [1.29, 1.82) is 0 Å². The molecule has 92 valence electrons. The molecule has 2 heterocycles. The van der Waals surface area contributed by atoms with Crippen LogP contribution in [0.2, 0.25) is 0 Å². The van der Waals surface area contributed by atoms with Gasteiger partial charge in [-0.1, -0.05) is 0 Å². The van der Waals surface area contributed by atoms with Crippen LogP contribution in [0.25, 0.3) is 0 Å². The van der Waals surface area contributed by atoms with Gasteiger partial charge in [-0.3, -0.25) is 4.79 Å². The van der Waals surface area contributed by atoms with Crippen LogP contribution < -0.4 is 5.56 Å². The number of hydrogen-bond donors (Lipinski definition) is 0. The lowest BCUT2D eigenvalue weighted by atomic mass is 10.2. The fourth-order valence-electron chi connectivity index (χ4n) is 2.98. The van der Waals surface area contributed by atoms with Crippen molar-refractivity contribution in [2.24, 2.45) is 0 Å². The van der Waals surface area contributed by atoms with E-state index in [0.29, 0.717) is 6.04 Å². The minimum absolute atomic E-state index is 0.0750. The van der Waals surface area contributed by atoms with Gasteiger partial charge >= 0.3 is 0 Å². The third-order valence-corrected chi connectivity index (χ3v) is 4.08. The highest BCUT2D eigenvalue weighted by atomic mass is 16.1. The number of fused-ring (bicyclic) bond motifs is 1. The molecule has 0 radical (unpaired) electrons. The monoisotopic (exact) mass is 233 g/mol. The first-order valence-electron chi connectivity index (χ1n) is 6.54. The molecular formula is C13H19N3O. The molecule has 2 aliphatic rings. The molecular weight excluding hydrogens is 214 g/mol. The Labute approximate surface area is 101 Å². The Morgan fingerprint density at radius 1 is 1.41 bits per heavy atom. The quantitative estimate of drug-likeness (QED) is 0.759. The molecule has 0 N–H and O–H groups in total. The minimum atomic E-state index is 0.0750. The van der Waals surface area contributed by atoms with Crippen LogP contribution >= 0.6 is 0 Å². The van der Waals surface area contributed by atoms with E-state index in [4.69, 9.17) is 0 Å². The second-order valence-corrected chi connectivity index (χ2v) is 5.27. The topological polar surface area (TPSA) is 38.1 Å². The molecule has 0 aromatic carbocycles. The van der Waals surface area contributed by atoms with Crippen LogP contribution in [-0.4, -0.2) is 34.3 Å². The van der Waals surface area contributed by atoms with E-state index in [-0.39, 0.29) is 5.56 Å². The zero-order valence-corrected chi connectivity index (χ0v) is 10.4. The lowest BCUT2D eigenvalue weighted by molar-refractivity contribution is 0.270. The average molecular weight is 233 g/mol. The summed E-state index contributed by atoms with van der Waals surface area (Å²) in [5.41, 5.74) is 2.39. The summed E-state index contributed by atoms with van der Waals surface area (Å²) in [6.45, 7) is 1.90. The summed E-state index contributed by atoms with van der Waals surface area (Å²) in [5, 5.41) is 4.53. The van der Waals surface area contributed by atoms with E-state index in [2.05, 4.69) is 17.0 Å². The summed E-state index contributed by atoms with van der Waals surface area (Å²) in [4.78, 5) is 14.3. The van der Waals surface area contributed by atoms with Gasteiger partial charge < -0.3 is 4.90 Å². The Morgan fingerprint density at radius 2 is 2.29 bits per heavy atom. The van der Waals surface area contributed by atoms with Gasteiger partial charge in [0.15, 0.2) is 0 Å². The molecule has 1 aliphatic carbocycles. The van der Waals surface area contributed by atoms with Gasteiger partial charge in [-0.15, -0.1) is 0 Å². The maximum atomic E-state index is 12.0. The molecule has 1 fully saturated rings. The molecule has 1 saturated heterocycles. The van der Waals surface area contributed by atoms with Crippen molar-refractivity contribution in [2.75, 3.05) is 13.6 Å². The van der Waals surface area contributed by atoms with Gasteiger partial charge in [0.25, 0.3) is 5.56 Å². The maximum Gasteiger partial charge on any atom is 0.267 e. The Balaban J connectivity index is 1.85. The van der Waals surface area contributed by atoms with E-state index < -0.39 is 0 Å². The maximum absolute atomic E-state index is 12.0. The van der Waals surface area contributed by atoms with Crippen molar-refractivity contribution in [3.05, 3.63) is 27.7 Å². The molecule has 0 amide bonds. The first-order valence-corrected chi connectivity index (χ1v) is 6.54. The highest BCUT2D eigenvalue weighted by Crippen LogP contribution is 2.19. The van der Waals surface area contributed by atoms with Crippen molar-refractivity contribution in [1.82, 2.24) is 14.7 Å². The molecule has 17 heavy (non-hydrogen) atoms. The Hall–Kier alpha value is -1.16. The third kappa shape index (κ3) is 2.02. The van der Waals surface area contributed by atoms with Crippen LogP contribution in [0.15, 0.2) is 10.9 Å². The van der Waals surface area contributed by atoms with Gasteiger partial charge in [-0.2, -0.15) is 5.10 Å². The molecule has 4 heteroatoms. The van der Waals surface area contributed by atoms with Crippen molar-refractivity contribution >= 4 is 0 Å². The van der Waals surface area contributed by atoms with Crippen molar-refractivity contribution in [2.45, 2.75) is 44.7 Å². The van der Waals surface area contributed by atoms with E-state index in [0.717, 1.165) is 38.0 Å². The van der Waals surface area contributed by atoms with Crippen LogP contribution in [0.3, 0.4) is 0 Å². The van der Waals surface area contributed by atoms with Crippen molar-refractivity contribution in [3.63, 3.8) is 0 Å². The molecule has 3 rings (SSSR count). The molecule has 0 bridgehead atoms. The van der Waals surface area contributed by atoms with Crippen molar-refractivity contribution in [3.8, 4) is 0 Å². The Kier molecular flexibility index (Phi) is 2.74. The van der Waals surface area contributed by atoms with Crippen LogP contribution in [-0.2, 0) is 19.4 Å². The highest BCUT2D eigenvalue weighted by molar-refractivity contribution is 5.22. The zero-order valence-electron chi connectivity index (χ0n) is 10.4. The van der Waals surface area contributed by atoms with Crippen LogP contribution in [0.1, 0.15) is 30.5 Å². The van der Waals surface area contributed by atoms with E-state index >= 15 is 0 Å². The summed E-state index contributed by atoms with van der Waals surface area (Å²) in [7, 11) is 2.13. The zero-order chi connectivity index (χ0) is 11.8. The first-order chi connectivity index (χ1) is 8.24. The van der Waals surface area contributed by atoms with Gasteiger partial charge in [0.1, 0.15) is 0 Å². The fourth-order valence-corrected chi connectivity index (χ4v) is 2.98. The number of hydrogen-bond acceptors (Lipinski definition) is 3. The number of nitrogens with zero attached hydrogens (tertiary/aromatic N) is 3. The van der Waals surface area contributed by atoms with Crippen LogP contribution in [0, 0.1) is 0 Å². The van der Waals surface area contributed by atoms with Gasteiger partial charge in [0, 0.05) is 12.1 Å². The smallest absolute Gasteiger partial charge is 0.267 e. The third-order valence-electron chi connectivity index (χ3n) is 4.08. The summed E-state index contributed by atoms with van der Waals surface area (Å²) < 4.78 is 1.68. The fraction of sp³-hybridized carbons (Fsp3) is 0.692. The van der Waals surface area contributed by atoms with Gasteiger partial charge in [0.05, 0.1) is 12.2 Å². The number of likely N-dealkylation sites (N-methyl/N-ethyl adjacent to an activating group) is 1. The highest BCUT2D eigenvalue weighted by Gasteiger charge is 2.23. The molecule has 1 aliphatic heterocycles. The Bertz CT molecular complexity index is 480. The van der Waals surface area contributed by atoms with Gasteiger partial charge in [0.2, 0.25) is 0 Å². The first kappa shape index (κ1) is 11.0. The normalized spacial score (nSPS) is 24.2. The molecule has 1 aromatic rings. The molecule has 4 nitrogen and oxygen atoms in total. The van der Waals surface area contributed by atoms with E-state index in [9.17, 15) is 4.79 Å². The van der Waals surface area contributed by atoms with Crippen LogP contribution in [0.5, 0.6) is 0 Å². The van der Waals surface area contributed by atoms with Crippen LogP contribution in [0.4, 0.5) is 0 Å². The summed E-state index contributed by atoms with van der Waals surface area (Å²) in [6, 6.07) is 2.28. The number of likely N-dealkylation sites (tertiary alicyclic amines) is 1. The predicted octanol–water partition coefficient (Wildman–Crippen LogP) is 0.826. The number of aromatic nitrogens is 2. The standard InChI is InChI=1S/C13H19N3O/c1-15-7-3-5-11(15)9-16-13(17)8-10-4-2-6-12(10)14-16/h8,11H,2-7,9H2,1H3. The van der Waals surface area contributed by atoms with Gasteiger partial charge in [-0.25, -0.2) is 4.68 Å². The Morgan fingerprint density at radius 3 is 3.06 bits per heavy atom. The van der Waals surface area contributed by atoms with E-state index in [1.54, 1.807) is 10.7 Å². The summed E-state index contributed by atoms with van der Waals surface area (Å²) >= 11 is 0. The second-order valence-electron chi connectivity index (χ2n) is 5.27. The molecule has 0 saturated carbocycles. The summed E-state index contributed by atoms with van der Waals surface area (Å²) in [6.07, 6.45) is 5.63. The molecule has 0 spiro atoms. The molecule has 1 unspecified atom stereocenters. The largest absolute Gasteiger partial charge is 0.302 e. The van der Waals surface area contributed by atoms with Gasteiger partial charge in [-0.05, 0) is 51.3 Å². The SMILES string of the molecule is CN1CCCC1Cn1nc2c(cc1=O)CCC2. The number of rotatable bonds is 2. The lowest BCUT2D eigenvalue weighted by Gasteiger charge is -2.19. The average Bonchev–Trinajstić information content (AvgIpc) is 2.89. The second kappa shape index (κ2) is 4.26. The predicted molar refractivity (Wildman–Crippen MR) is 66.2 cm³/mol. The lowest BCUT2D eigenvalue weighted by Crippen LogP contribution is -2.35. The number of aryl methyl sites for hydroxylation is 2. The summed E-state index contributed by atoms with van der Waals surface area (Å²) in [5.74, 6) is 0. The minimum Gasteiger partial charge on any atom is -0.302 e. The van der Waals surface area contributed by atoms with Crippen molar-refractivity contribution < 1.29 is 0 Å². The molecule has 1 aromatic heterocycles. The molecule has 1 atom stereocenters. The van der Waals surface area contributed by atoms with E-state index in [1.807, 2.05) is 0 Å². The van der Waals surface area contributed by atoms with E-state index in [1.165, 1.54) is 18.4 Å².